The third kappa shape index (κ3) is 2.84. The predicted octanol–water partition coefficient (Wildman–Crippen LogP) is 3.49. The molecule has 1 heterocycles. The molecule has 1 N–H and O–H groups in total. The summed E-state index contributed by atoms with van der Waals surface area (Å²) in [5.41, 5.74) is 3.43. The molecule has 0 spiro atoms. The summed E-state index contributed by atoms with van der Waals surface area (Å²) < 4.78 is 11.0. The molecule has 2 aromatic carbocycles. The molecule has 2 aromatic rings. The largest absolute Gasteiger partial charge is 0.493 e. The summed E-state index contributed by atoms with van der Waals surface area (Å²) in [4.78, 5) is 2.38. The van der Waals surface area contributed by atoms with Crippen LogP contribution in [0.25, 0.3) is 5.57 Å². The highest BCUT2D eigenvalue weighted by Gasteiger charge is 2.52. The van der Waals surface area contributed by atoms with E-state index in [0.29, 0.717) is 0 Å². The first-order chi connectivity index (χ1) is 13.1. The van der Waals surface area contributed by atoms with E-state index in [-0.39, 0.29) is 11.5 Å². The van der Waals surface area contributed by atoms with E-state index < -0.39 is 6.10 Å². The lowest BCUT2D eigenvalue weighted by Crippen LogP contribution is -2.47. The van der Waals surface area contributed by atoms with Gasteiger partial charge in [0, 0.05) is 11.5 Å². The van der Waals surface area contributed by atoms with Crippen LogP contribution in [0.5, 0.6) is 11.5 Å². The summed E-state index contributed by atoms with van der Waals surface area (Å²) in [5, 5.41) is 10.6. The number of methoxy groups -OCH3 is 2. The molecule has 4 heteroatoms. The molecule has 1 aliphatic carbocycles. The van der Waals surface area contributed by atoms with Crippen molar-refractivity contribution in [1.82, 2.24) is 4.90 Å². The first kappa shape index (κ1) is 18.1. The van der Waals surface area contributed by atoms with Gasteiger partial charge >= 0.3 is 0 Å². The van der Waals surface area contributed by atoms with Crippen molar-refractivity contribution in [2.45, 2.75) is 30.4 Å². The third-order valence-corrected chi connectivity index (χ3v) is 6.25. The summed E-state index contributed by atoms with van der Waals surface area (Å²) in [7, 11) is 5.50. The Kier molecular flexibility index (Phi) is 4.70. The van der Waals surface area contributed by atoms with Crippen LogP contribution in [0.2, 0.25) is 0 Å². The molecule has 0 unspecified atom stereocenters. The van der Waals surface area contributed by atoms with Crippen molar-refractivity contribution >= 4 is 5.57 Å². The third-order valence-electron chi connectivity index (χ3n) is 6.25. The first-order valence-corrected chi connectivity index (χ1v) is 9.48. The van der Waals surface area contributed by atoms with Crippen LogP contribution in [0.3, 0.4) is 0 Å². The van der Waals surface area contributed by atoms with E-state index in [0.717, 1.165) is 30.9 Å². The summed E-state index contributed by atoms with van der Waals surface area (Å²) in [6, 6.07) is 16.9. The van der Waals surface area contributed by atoms with Crippen molar-refractivity contribution in [1.29, 1.82) is 0 Å². The van der Waals surface area contributed by atoms with Crippen molar-refractivity contribution < 1.29 is 14.6 Å². The Morgan fingerprint density at radius 3 is 2.48 bits per heavy atom. The van der Waals surface area contributed by atoms with Crippen LogP contribution >= 0.6 is 0 Å². The highest BCUT2D eigenvalue weighted by Crippen LogP contribution is 2.54. The normalized spacial score (nSPS) is 27.8. The SMILES string of the molecule is COc1ccc([C@]23CCN(C)[C@H]2C[C@@H](O)C=C3c2ccccc2)cc1OC. The fraction of sp³-hybridized carbons (Fsp3) is 0.391. The monoisotopic (exact) mass is 365 g/mol. The van der Waals surface area contributed by atoms with Crippen LogP contribution in [-0.4, -0.2) is 50.0 Å². The summed E-state index contributed by atoms with van der Waals surface area (Å²) >= 11 is 0. The van der Waals surface area contributed by atoms with E-state index in [2.05, 4.69) is 54.4 Å². The van der Waals surface area contributed by atoms with Gasteiger partial charge in [-0.15, -0.1) is 0 Å². The van der Waals surface area contributed by atoms with Crippen molar-refractivity contribution in [2.75, 3.05) is 27.8 Å². The van der Waals surface area contributed by atoms with Gasteiger partial charge in [0.2, 0.25) is 0 Å². The number of hydrogen-bond acceptors (Lipinski definition) is 4. The van der Waals surface area contributed by atoms with Crippen LogP contribution in [0.15, 0.2) is 54.6 Å². The molecule has 27 heavy (non-hydrogen) atoms. The smallest absolute Gasteiger partial charge is 0.161 e. The number of benzene rings is 2. The number of aliphatic hydroxyl groups excluding tert-OH is 1. The van der Waals surface area contributed by atoms with Gasteiger partial charge in [-0.25, -0.2) is 0 Å². The number of hydrogen-bond donors (Lipinski definition) is 1. The molecule has 3 atom stereocenters. The van der Waals surface area contributed by atoms with Gasteiger partial charge in [-0.3, -0.25) is 0 Å². The average Bonchev–Trinajstić information content (AvgIpc) is 3.05. The Hall–Kier alpha value is -2.30. The second-order valence-electron chi connectivity index (χ2n) is 7.54. The van der Waals surface area contributed by atoms with E-state index in [1.165, 1.54) is 16.7 Å². The van der Waals surface area contributed by atoms with Crippen LogP contribution in [0, 0.1) is 0 Å². The number of rotatable bonds is 4. The molecule has 0 amide bonds. The molecule has 0 bridgehead atoms. The highest BCUT2D eigenvalue weighted by molar-refractivity contribution is 5.79. The number of likely N-dealkylation sites (N-methyl/N-ethyl adjacent to an activating group) is 1. The van der Waals surface area contributed by atoms with E-state index in [1.54, 1.807) is 14.2 Å². The minimum absolute atomic E-state index is 0.172. The van der Waals surface area contributed by atoms with Crippen LogP contribution < -0.4 is 9.47 Å². The van der Waals surface area contributed by atoms with Crippen LogP contribution in [0.1, 0.15) is 24.0 Å². The number of nitrogens with zero attached hydrogens (tertiary/aromatic N) is 1. The van der Waals surface area contributed by atoms with Crippen molar-refractivity contribution in [2.24, 2.45) is 0 Å². The molecule has 1 saturated heterocycles. The second kappa shape index (κ2) is 7.02. The van der Waals surface area contributed by atoms with Gasteiger partial charge < -0.3 is 19.5 Å². The Labute approximate surface area is 161 Å². The Balaban J connectivity index is 1.93. The molecule has 1 aliphatic heterocycles. The number of fused-ring (bicyclic) bond motifs is 1. The van der Waals surface area contributed by atoms with Gasteiger partial charge in [0.25, 0.3) is 0 Å². The minimum atomic E-state index is -0.431. The standard InChI is InChI=1S/C23H27NO3/c1-24-12-11-23(17-9-10-20(26-2)21(13-17)27-3)19(14-18(25)15-22(23)24)16-7-5-4-6-8-16/h4-10,13-14,18,22,25H,11-12,15H2,1-3H3/t18-,22-,23-/m0/s1. The fourth-order valence-corrected chi connectivity index (χ4v) is 4.96. The van der Waals surface area contributed by atoms with E-state index >= 15 is 0 Å². The molecular formula is C23H27NO3. The summed E-state index contributed by atoms with van der Waals surface area (Å²) in [5.74, 6) is 1.48. The van der Waals surface area contributed by atoms with Gasteiger partial charge in [-0.2, -0.15) is 0 Å². The van der Waals surface area contributed by atoms with E-state index in [1.807, 2.05) is 12.1 Å². The number of ether oxygens (including phenoxy) is 2. The summed E-state index contributed by atoms with van der Waals surface area (Å²) in [6.07, 6.45) is 3.37. The average molecular weight is 365 g/mol. The van der Waals surface area contributed by atoms with Crippen molar-refractivity contribution in [3.05, 3.63) is 65.7 Å². The topological polar surface area (TPSA) is 41.9 Å². The summed E-state index contributed by atoms with van der Waals surface area (Å²) in [6.45, 7) is 0.996. The molecule has 0 aromatic heterocycles. The Morgan fingerprint density at radius 2 is 1.78 bits per heavy atom. The quantitative estimate of drug-likeness (QED) is 0.901. The molecule has 0 saturated carbocycles. The first-order valence-electron chi connectivity index (χ1n) is 9.48. The van der Waals surface area contributed by atoms with Gasteiger partial charge in [-0.1, -0.05) is 42.5 Å². The molecule has 2 aliphatic rings. The zero-order valence-corrected chi connectivity index (χ0v) is 16.2. The zero-order valence-electron chi connectivity index (χ0n) is 16.2. The Morgan fingerprint density at radius 1 is 1.04 bits per heavy atom. The lowest BCUT2D eigenvalue weighted by molar-refractivity contribution is 0.141. The van der Waals surface area contributed by atoms with Gasteiger partial charge in [0.15, 0.2) is 11.5 Å². The lowest BCUT2D eigenvalue weighted by Gasteiger charge is -2.44. The van der Waals surface area contributed by atoms with Gasteiger partial charge in [0.1, 0.15) is 0 Å². The van der Waals surface area contributed by atoms with E-state index in [4.69, 9.17) is 9.47 Å². The maximum Gasteiger partial charge on any atom is 0.161 e. The Bertz CT molecular complexity index is 848. The lowest BCUT2D eigenvalue weighted by atomic mass is 9.62. The van der Waals surface area contributed by atoms with E-state index in [9.17, 15) is 5.11 Å². The van der Waals surface area contributed by atoms with Crippen molar-refractivity contribution in [3.63, 3.8) is 0 Å². The molecule has 4 rings (SSSR count). The highest BCUT2D eigenvalue weighted by atomic mass is 16.5. The van der Waals surface area contributed by atoms with Gasteiger partial charge in [0.05, 0.1) is 20.3 Å². The van der Waals surface area contributed by atoms with Crippen molar-refractivity contribution in [3.8, 4) is 11.5 Å². The molecule has 4 nitrogen and oxygen atoms in total. The predicted molar refractivity (Wildman–Crippen MR) is 107 cm³/mol. The molecule has 0 radical (unpaired) electrons. The molecule has 1 fully saturated rings. The minimum Gasteiger partial charge on any atom is -0.493 e. The van der Waals surface area contributed by atoms with Gasteiger partial charge in [-0.05, 0) is 55.3 Å². The maximum absolute atomic E-state index is 10.6. The number of likely N-dealkylation sites (tertiary alicyclic amines) is 1. The molecule has 142 valence electrons. The number of aliphatic hydroxyl groups is 1. The fourth-order valence-electron chi connectivity index (χ4n) is 4.96. The second-order valence-corrected chi connectivity index (χ2v) is 7.54. The zero-order chi connectivity index (χ0) is 19.0. The van der Waals surface area contributed by atoms with Crippen LogP contribution in [-0.2, 0) is 5.41 Å². The maximum atomic E-state index is 10.6. The van der Waals surface area contributed by atoms with Crippen LogP contribution in [0.4, 0.5) is 0 Å². The molecular weight excluding hydrogens is 338 g/mol.